The molecule has 1 fully saturated rings. The van der Waals surface area contributed by atoms with Crippen molar-refractivity contribution in [1.29, 1.82) is 0 Å². The molecule has 29 heavy (non-hydrogen) atoms. The van der Waals surface area contributed by atoms with E-state index in [2.05, 4.69) is 40.6 Å². The second-order valence-corrected chi connectivity index (χ2v) is 8.39. The molecule has 0 atom stereocenters. The van der Waals surface area contributed by atoms with Crippen molar-refractivity contribution in [2.24, 2.45) is 0 Å². The average molecular weight is 419 g/mol. The van der Waals surface area contributed by atoms with Crippen LogP contribution < -0.4 is 15.1 Å². The molecule has 2 N–H and O–H groups in total. The third-order valence-corrected chi connectivity index (χ3v) is 5.90. The zero-order chi connectivity index (χ0) is 20.5. The van der Waals surface area contributed by atoms with E-state index in [1.165, 1.54) is 22.0 Å². The molecule has 3 rings (SSSR count). The van der Waals surface area contributed by atoms with Gasteiger partial charge in [0.25, 0.3) is 0 Å². The summed E-state index contributed by atoms with van der Waals surface area (Å²) in [5, 5.41) is 3.94. The molecular formula is C21H32N5O2S+. The molecule has 0 unspecified atom stereocenters. The molecule has 2 heterocycles. The number of amides is 1. The monoisotopic (exact) mass is 418 g/mol. The smallest absolute Gasteiger partial charge is 0.221 e. The molecule has 158 valence electrons. The number of rotatable bonds is 10. The van der Waals surface area contributed by atoms with Gasteiger partial charge in [-0.1, -0.05) is 30.3 Å². The maximum absolute atomic E-state index is 12.3. The second kappa shape index (κ2) is 11.2. The average Bonchev–Trinajstić information content (AvgIpc) is 3.17. The van der Waals surface area contributed by atoms with E-state index < -0.39 is 0 Å². The van der Waals surface area contributed by atoms with Crippen LogP contribution in [-0.2, 0) is 16.0 Å². The third-order valence-electron chi connectivity index (χ3n) is 5.11. The number of aromatic nitrogens is 2. The Morgan fingerprint density at radius 3 is 2.76 bits per heavy atom. The molecule has 1 aliphatic rings. The Bertz CT molecular complexity index is 747. The molecule has 0 radical (unpaired) electrons. The fourth-order valence-corrected chi connectivity index (χ4v) is 4.23. The third kappa shape index (κ3) is 7.06. The molecule has 0 spiro atoms. The summed E-state index contributed by atoms with van der Waals surface area (Å²) in [5.41, 5.74) is 1.20. The number of nitrogens with one attached hydrogen (secondary N) is 2. The van der Waals surface area contributed by atoms with Gasteiger partial charge in [0.05, 0.1) is 26.3 Å². The summed E-state index contributed by atoms with van der Waals surface area (Å²) < 4.78 is 9.89. The molecular weight excluding hydrogens is 386 g/mol. The van der Waals surface area contributed by atoms with E-state index in [9.17, 15) is 4.79 Å². The number of hydrogen-bond donors (Lipinski definition) is 2. The summed E-state index contributed by atoms with van der Waals surface area (Å²) in [6.07, 6.45) is 1.19. The van der Waals surface area contributed by atoms with Crippen molar-refractivity contribution in [3.8, 4) is 0 Å². The molecule has 0 saturated carbocycles. The van der Waals surface area contributed by atoms with E-state index in [-0.39, 0.29) is 11.9 Å². The molecule has 2 aromatic rings. The number of carbonyl (C=O) groups excluding carboxylic acids is 1. The number of hydrogen-bond acceptors (Lipinski definition) is 6. The van der Waals surface area contributed by atoms with Crippen molar-refractivity contribution in [3.63, 3.8) is 0 Å². The van der Waals surface area contributed by atoms with Gasteiger partial charge in [0.2, 0.25) is 11.0 Å². The fraction of sp³-hybridized carbons (Fsp3) is 0.571. The molecule has 1 aliphatic heterocycles. The highest BCUT2D eigenvalue weighted by Crippen LogP contribution is 2.21. The van der Waals surface area contributed by atoms with E-state index in [0.29, 0.717) is 13.0 Å². The molecule has 1 aromatic heterocycles. The Kier molecular flexibility index (Phi) is 8.39. The quantitative estimate of drug-likeness (QED) is 0.596. The minimum Gasteiger partial charge on any atom is -0.370 e. The summed E-state index contributed by atoms with van der Waals surface area (Å²) in [6, 6.07) is 10.5. The Labute approximate surface area is 177 Å². The van der Waals surface area contributed by atoms with E-state index >= 15 is 0 Å². The lowest BCUT2D eigenvalue weighted by Gasteiger charge is -2.25. The second-order valence-electron chi connectivity index (χ2n) is 7.66. The molecule has 1 amide bonds. The van der Waals surface area contributed by atoms with E-state index in [4.69, 9.17) is 9.72 Å². The number of ether oxygens (including phenoxy) is 1. The van der Waals surface area contributed by atoms with Crippen molar-refractivity contribution in [1.82, 2.24) is 14.7 Å². The van der Waals surface area contributed by atoms with Gasteiger partial charge in [-0.15, -0.1) is 0 Å². The highest BCUT2D eigenvalue weighted by atomic mass is 32.1. The minimum absolute atomic E-state index is 0.0948. The lowest BCUT2D eigenvalue weighted by atomic mass is 10.1. The van der Waals surface area contributed by atoms with E-state index in [1.807, 2.05) is 18.2 Å². The SMILES string of the molecule is CC(C)N(CCC(=O)NCC[NH+]1CCOCC1)c1nc(Cc2ccccc2)ns1. The first-order chi connectivity index (χ1) is 14.1. The van der Waals surface area contributed by atoms with E-state index in [0.717, 1.165) is 56.8 Å². The van der Waals surface area contributed by atoms with Crippen LogP contribution in [0, 0.1) is 0 Å². The summed E-state index contributed by atoms with van der Waals surface area (Å²) in [6.45, 7) is 10.3. The van der Waals surface area contributed by atoms with Crippen LogP contribution in [0.15, 0.2) is 30.3 Å². The zero-order valence-corrected chi connectivity index (χ0v) is 18.2. The Morgan fingerprint density at radius 2 is 2.03 bits per heavy atom. The van der Waals surface area contributed by atoms with Gasteiger partial charge >= 0.3 is 0 Å². The van der Waals surface area contributed by atoms with Crippen LogP contribution in [-0.4, -0.2) is 67.2 Å². The Morgan fingerprint density at radius 1 is 1.28 bits per heavy atom. The topological polar surface area (TPSA) is 71.8 Å². The number of anilines is 1. The molecule has 8 heteroatoms. The fourth-order valence-electron chi connectivity index (χ4n) is 3.39. The van der Waals surface area contributed by atoms with Crippen LogP contribution in [0.3, 0.4) is 0 Å². The first-order valence-electron chi connectivity index (χ1n) is 10.4. The van der Waals surface area contributed by atoms with Gasteiger partial charge in [-0.3, -0.25) is 4.79 Å². The van der Waals surface area contributed by atoms with Crippen LogP contribution in [0.2, 0.25) is 0 Å². The van der Waals surface area contributed by atoms with Crippen molar-refractivity contribution >= 4 is 22.6 Å². The van der Waals surface area contributed by atoms with Gasteiger partial charge in [0.1, 0.15) is 18.9 Å². The number of quaternary nitrogens is 1. The first-order valence-corrected chi connectivity index (χ1v) is 11.2. The summed E-state index contributed by atoms with van der Waals surface area (Å²) >= 11 is 1.41. The van der Waals surface area contributed by atoms with Gasteiger partial charge in [-0.2, -0.15) is 4.37 Å². The lowest BCUT2D eigenvalue weighted by molar-refractivity contribution is -0.906. The van der Waals surface area contributed by atoms with Gasteiger partial charge in [-0.25, -0.2) is 4.98 Å². The summed E-state index contributed by atoms with van der Waals surface area (Å²) in [5.74, 6) is 0.928. The Balaban J connectivity index is 1.45. The van der Waals surface area contributed by atoms with Gasteiger partial charge in [0.15, 0.2) is 0 Å². The largest absolute Gasteiger partial charge is 0.370 e. The van der Waals surface area contributed by atoms with Crippen LogP contribution in [0.4, 0.5) is 5.13 Å². The molecule has 7 nitrogen and oxygen atoms in total. The molecule has 1 aromatic carbocycles. The van der Waals surface area contributed by atoms with Gasteiger partial charge in [0, 0.05) is 37.0 Å². The number of nitrogens with zero attached hydrogens (tertiary/aromatic N) is 3. The molecule has 0 bridgehead atoms. The van der Waals surface area contributed by atoms with Crippen LogP contribution >= 0.6 is 11.5 Å². The highest BCUT2D eigenvalue weighted by Gasteiger charge is 2.18. The summed E-state index contributed by atoms with van der Waals surface area (Å²) in [4.78, 5) is 20.7. The van der Waals surface area contributed by atoms with Gasteiger partial charge in [-0.05, 0) is 19.4 Å². The van der Waals surface area contributed by atoms with Crippen molar-refractivity contribution in [2.75, 3.05) is 50.8 Å². The highest BCUT2D eigenvalue weighted by molar-refractivity contribution is 7.09. The zero-order valence-electron chi connectivity index (χ0n) is 17.4. The van der Waals surface area contributed by atoms with Crippen molar-refractivity contribution < 1.29 is 14.4 Å². The Hall–Kier alpha value is -2.03. The van der Waals surface area contributed by atoms with Gasteiger partial charge < -0.3 is 19.9 Å². The maximum Gasteiger partial charge on any atom is 0.221 e. The predicted molar refractivity (Wildman–Crippen MR) is 116 cm³/mol. The number of morpholine rings is 1. The summed E-state index contributed by atoms with van der Waals surface area (Å²) in [7, 11) is 0. The standard InChI is InChI=1S/C21H31N5O2S/c1-17(2)26(10-8-20(27)22-9-11-25-12-14-28-15-13-25)21-23-19(24-29-21)16-18-6-4-3-5-7-18/h3-7,17H,8-16H2,1-2H3,(H,22,27)/p+1. The van der Waals surface area contributed by atoms with Crippen molar-refractivity contribution in [2.45, 2.75) is 32.7 Å². The number of carbonyl (C=O) groups is 1. The molecule has 1 saturated heterocycles. The van der Waals surface area contributed by atoms with Crippen LogP contribution in [0.1, 0.15) is 31.7 Å². The number of benzene rings is 1. The molecule has 0 aliphatic carbocycles. The van der Waals surface area contributed by atoms with Crippen LogP contribution in [0.25, 0.3) is 0 Å². The van der Waals surface area contributed by atoms with Crippen LogP contribution in [0.5, 0.6) is 0 Å². The van der Waals surface area contributed by atoms with E-state index in [1.54, 1.807) is 0 Å². The first kappa shape index (κ1) is 21.7. The predicted octanol–water partition coefficient (Wildman–Crippen LogP) is 0.765. The maximum atomic E-state index is 12.3. The van der Waals surface area contributed by atoms with Crippen molar-refractivity contribution in [3.05, 3.63) is 41.7 Å². The minimum atomic E-state index is 0.0948. The lowest BCUT2D eigenvalue weighted by Crippen LogP contribution is -3.14. The normalized spacial score (nSPS) is 14.9.